The Labute approximate surface area is 98.6 Å². The summed E-state index contributed by atoms with van der Waals surface area (Å²) in [4.78, 5) is 14.4. The number of nitrogens with zero attached hydrogens (tertiary/aromatic N) is 1. The van der Waals surface area contributed by atoms with E-state index in [2.05, 4.69) is 31.0 Å². The molecule has 1 N–H and O–H groups in total. The predicted octanol–water partition coefficient (Wildman–Crippen LogP) is 2.12. The van der Waals surface area contributed by atoms with E-state index >= 15 is 0 Å². The molecule has 0 aromatic heterocycles. The second-order valence-electron chi connectivity index (χ2n) is 5.83. The number of hydrogen-bond acceptors (Lipinski definition) is 2. The van der Waals surface area contributed by atoms with E-state index in [-0.39, 0.29) is 23.7 Å². The van der Waals surface area contributed by atoms with Crippen molar-refractivity contribution in [3.8, 4) is 0 Å². The zero-order valence-electron chi connectivity index (χ0n) is 10.9. The predicted molar refractivity (Wildman–Crippen MR) is 64.9 cm³/mol. The third kappa shape index (κ3) is 1.86. The molecule has 0 aromatic rings. The average molecular weight is 224 g/mol. The van der Waals surface area contributed by atoms with Gasteiger partial charge in [0.05, 0.1) is 12.2 Å². The summed E-state index contributed by atoms with van der Waals surface area (Å²) in [6.07, 6.45) is 5.00. The summed E-state index contributed by atoms with van der Waals surface area (Å²) in [7, 11) is 0. The minimum absolute atomic E-state index is 0.00502. The third-order valence-electron chi connectivity index (χ3n) is 4.12. The van der Waals surface area contributed by atoms with Gasteiger partial charge in [-0.3, -0.25) is 10.1 Å². The number of amides is 1. The van der Waals surface area contributed by atoms with Crippen molar-refractivity contribution in [1.29, 1.82) is 0 Å². The van der Waals surface area contributed by atoms with E-state index in [9.17, 15) is 4.79 Å². The van der Waals surface area contributed by atoms with Gasteiger partial charge in [-0.25, -0.2) is 0 Å². The third-order valence-corrected chi connectivity index (χ3v) is 4.12. The van der Waals surface area contributed by atoms with Crippen LogP contribution in [0.2, 0.25) is 0 Å². The van der Waals surface area contributed by atoms with Gasteiger partial charge in [0.15, 0.2) is 0 Å². The van der Waals surface area contributed by atoms with Crippen molar-refractivity contribution in [3.63, 3.8) is 0 Å². The lowest BCUT2D eigenvalue weighted by Gasteiger charge is -2.40. The molecule has 0 spiro atoms. The summed E-state index contributed by atoms with van der Waals surface area (Å²) in [5.41, 5.74) is 0.0364. The van der Waals surface area contributed by atoms with E-state index in [0.717, 1.165) is 12.8 Å². The van der Waals surface area contributed by atoms with Gasteiger partial charge >= 0.3 is 0 Å². The van der Waals surface area contributed by atoms with Crippen LogP contribution in [0.15, 0.2) is 0 Å². The van der Waals surface area contributed by atoms with Gasteiger partial charge in [-0.2, -0.15) is 0 Å². The SMILES string of the molecule is CCCC1NC(C)C(=O)N1C(C)(C)C1CC1. The molecule has 1 aliphatic carbocycles. The van der Waals surface area contributed by atoms with Crippen molar-refractivity contribution in [2.75, 3.05) is 0 Å². The highest BCUT2D eigenvalue weighted by atomic mass is 16.2. The molecule has 0 aromatic carbocycles. The molecule has 16 heavy (non-hydrogen) atoms. The van der Waals surface area contributed by atoms with Gasteiger partial charge < -0.3 is 4.90 Å². The molecule has 0 radical (unpaired) electrons. The summed E-state index contributed by atoms with van der Waals surface area (Å²) in [5.74, 6) is 0.998. The Bertz CT molecular complexity index is 284. The number of carbonyl (C=O) groups excluding carboxylic acids is 1. The van der Waals surface area contributed by atoms with E-state index in [0.29, 0.717) is 5.92 Å². The highest BCUT2D eigenvalue weighted by Gasteiger charge is 2.50. The fourth-order valence-electron chi connectivity index (χ4n) is 2.95. The van der Waals surface area contributed by atoms with E-state index < -0.39 is 0 Å². The first-order chi connectivity index (χ1) is 7.48. The maximum atomic E-state index is 12.2. The van der Waals surface area contributed by atoms with Crippen molar-refractivity contribution < 1.29 is 4.79 Å². The molecule has 1 saturated carbocycles. The van der Waals surface area contributed by atoms with Crippen molar-refractivity contribution >= 4 is 5.91 Å². The average Bonchev–Trinajstić information content (AvgIpc) is 2.97. The lowest BCUT2D eigenvalue weighted by atomic mass is 9.95. The fraction of sp³-hybridized carbons (Fsp3) is 0.923. The topological polar surface area (TPSA) is 32.3 Å². The first-order valence-corrected chi connectivity index (χ1v) is 6.57. The molecule has 2 unspecified atom stereocenters. The molecule has 2 aliphatic rings. The number of carbonyl (C=O) groups is 1. The molecule has 92 valence electrons. The van der Waals surface area contributed by atoms with Crippen molar-refractivity contribution in [1.82, 2.24) is 10.2 Å². The van der Waals surface area contributed by atoms with Crippen LogP contribution in [-0.4, -0.2) is 28.6 Å². The molecular weight excluding hydrogens is 200 g/mol. The number of hydrogen-bond donors (Lipinski definition) is 1. The Morgan fingerprint density at radius 3 is 2.56 bits per heavy atom. The minimum atomic E-state index is -0.00502. The van der Waals surface area contributed by atoms with E-state index in [1.807, 2.05) is 6.92 Å². The highest BCUT2D eigenvalue weighted by molar-refractivity contribution is 5.84. The van der Waals surface area contributed by atoms with Gasteiger partial charge in [-0.1, -0.05) is 13.3 Å². The molecule has 2 fully saturated rings. The Balaban J connectivity index is 2.17. The van der Waals surface area contributed by atoms with E-state index in [4.69, 9.17) is 0 Å². The minimum Gasteiger partial charge on any atom is -0.320 e. The van der Waals surface area contributed by atoms with Gasteiger partial charge in [-0.15, -0.1) is 0 Å². The van der Waals surface area contributed by atoms with Gasteiger partial charge in [0.1, 0.15) is 0 Å². The quantitative estimate of drug-likeness (QED) is 0.793. The van der Waals surface area contributed by atoms with Crippen LogP contribution in [0.25, 0.3) is 0 Å². The summed E-state index contributed by atoms with van der Waals surface area (Å²) in [6, 6.07) is -0.00502. The molecule has 1 amide bonds. The zero-order chi connectivity index (χ0) is 11.9. The van der Waals surface area contributed by atoms with Crippen molar-refractivity contribution in [2.24, 2.45) is 5.92 Å². The van der Waals surface area contributed by atoms with Crippen molar-refractivity contribution in [3.05, 3.63) is 0 Å². The number of nitrogens with one attached hydrogen (secondary N) is 1. The molecule has 1 aliphatic heterocycles. The molecule has 1 saturated heterocycles. The van der Waals surface area contributed by atoms with Gasteiger partial charge in [0.2, 0.25) is 5.91 Å². The molecular formula is C13H24N2O. The molecule has 3 nitrogen and oxygen atoms in total. The van der Waals surface area contributed by atoms with Crippen LogP contribution in [0.4, 0.5) is 0 Å². The smallest absolute Gasteiger partial charge is 0.241 e. The Hall–Kier alpha value is -0.570. The van der Waals surface area contributed by atoms with Crippen LogP contribution >= 0.6 is 0 Å². The van der Waals surface area contributed by atoms with Gasteiger partial charge in [-0.05, 0) is 46.0 Å². The maximum Gasteiger partial charge on any atom is 0.241 e. The standard InChI is InChI=1S/C13H24N2O/c1-5-6-11-14-9(2)12(16)15(11)13(3,4)10-7-8-10/h9-11,14H,5-8H2,1-4H3. The molecule has 3 heteroatoms. The fourth-order valence-corrected chi connectivity index (χ4v) is 2.95. The summed E-state index contributed by atoms with van der Waals surface area (Å²) < 4.78 is 0. The first kappa shape index (κ1) is 11.9. The second kappa shape index (κ2) is 4.02. The van der Waals surface area contributed by atoms with Crippen LogP contribution < -0.4 is 5.32 Å². The van der Waals surface area contributed by atoms with Crippen LogP contribution in [0.3, 0.4) is 0 Å². The molecule has 0 bridgehead atoms. The zero-order valence-corrected chi connectivity index (χ0v) is 10.9. The molecule has 2 atom stereocenters. The maximum absolute atomic E-state index is 12.2. The number of rotatable bonds is 4. The highest BCUT2D eigenvalue weighted by Crippen LogP contribution is 2.44. The van der Waals surface area contributed by atoms with E-state index in [1.54, 1.807) is 0 Å². The second-order valence-corrected chi connectivity index (χ2v) is 5.83. The van der Waals surface area contributed by atoms with Crippen molar-refractivity contribution in [2.45, 2.75) is 71.1 Å². The Morgan fingerprint density at radius 2 is 2.06 bits per heavy atom. The van der Waals surface area contributed by atoms with E-state index in [1.165, 1.54) is 12.8 Å². The molecule has 1 heterocycles. The largest absolute Gasteiger partial charge is 0.320 e. The van der Waals surface area contributed by atoms with Crippen LogP contribution in [0, 0.1) is 5.92 Å². The first-order valence-electron chi connectivity index (χ1n) is 6.57. The Morgan fingerprint density at radius 1 is 1.44 bits per heavy atom. The normalized spacial score (nSPS) is 31.2. The van der Waals surface area contributed by atoms with Crippen LogP contribution in [0.5, 0.6) is 0 Å². The summed E-state index contributed by atoms with van der Waals surface area (Å²) in [5, 5.41) is 3.42. The van der Waals surface area contributed by atoms with Crippen LogP contribution in [0.1, 0.15) is 53.4 Å². The monoisotopic (exact) mass is 224 g/mol. The van der Waals surface area contributed by atoms with Gasteiger partial charge in [0, 0.05) is 5.54 Å². The lowest BCUT2D eigenvalue weighted by Crippen LogP contribution is -2.52. The lowest BCUT2D eigenvalue weighted by molar-refractivity contribution is -0.136. The van der Waals surface area contributed by atoms with Gasteiger partial charge in [0.25, 0.3) is 0 Å². The summed E-state index contributed by atoms with van der Waals surface area (Å²) >= 11 is 0. The Kier molecular flexibility index (Phi) is 2.99. The molecule has 2 rings (SSSR count). The van der Waals surface area contributed by atoms with Crippen LogP contribution in [-0.2, 0) is 4.79 Å². The summed E-state index contributed by atoms with van der Waals surface area (Å²) in [6.45, 7) is 8.61.